The second kappa shape index (κ2) is 6.44. The lowest BCUT2D eigenvalue weighted by Crippen LogP contribution is -2.36. The van der Waals surface area contributed by atoms with Crippen LogP contribution < -0.4 is 9.64 Å². The summed E-state index contributed by atoms with van der Waals surface area (Å²) in [5, 5.41) is 0.747. The Kier molecular flexibility index (Phi) is 4.13. The van der Waals surface area contributed by atoms with Crippen LogP contribution in [0.4, 0.5) is 5.69 Å². The molecule has 1 amide bonds. The lowest BCUT2D eigenvalue weighted by molar-refractivity contribution is -0.116. The number of H-pyrrole nitrogens is 1. The number of amides is 1. The Labute approximate surface area is 150 Å². The third-order valence-corrected chi connectivity index (χ3v) is 5.33. The maximum atomic E-state index is 12.8. The first-order valence-electron chi connectivity index (χ1n) is 8.22. The molecule has 0 bridgehead atoms. The molecule has 0 fully saturated rings. The van der Waals surface area contributed by atoms with Crippen molar-refractivity contribution in [1.82, 2.24) is 9.97 Å². The minimum Gasteiger partial charge on any atom is -0.497 e. The van der Waals surface area contributed by atoms with E-state index < -0.39 is 0 Å². The van der Waals surface area contributed by atoms with Gasteiger partial charge < -0.3 is 14.6 Å². The van der Waals surface area contributed by atoms with Gasteiger partial charge in [0, 0.05) is 17.8 Å². The number of aromatic amines is 1. The molecule has 1 aliphatic rings. The summed E-state index contributed by atoms with van der Waals surface area (Å²) >= 11 is 1.43. The lowest BCUT2D eigenvalue weighted by Gasteiger charge is -2.22. The molecule has 25 heavy (non-hydrogen) atoms. The van der Waals surface area contributed by atoms with E-state index >= 15 is 0 Å². The number of para-hydroxylation sites is 1. The molecule has 0 aliphatic carbocycles. The van der Waals surface area contributed by atoms with Gasteiger partial charge in [-0.2, -0.15) is 0 Å². The van der Waals surface area contributed by atoms with E-state index in [1.54, 1.807) is 7.11 Å². The van der Waals surface area contributed by atoms with Crippen LogP contribution in [-0.4, -0.2) is 34.8 Å². The van der Waals surface area contributed by atoms with Crippen LogP contribution in [0.1, 0.15) is 12.5 Å². The average molecular weight is 353 g/mol. The van der Waals surface area contributed by atoms with E-state index in [9.17, 15) is 4.79 Å². The molecule has 0 spiro atoms. The second-order valence-electron chi connectivity index (χ2n) is 6.16. The Morgan fingerprint density at radius 3 is 3.04 bits per heavy atom. The summed E-state index contributed by atoms with van der Waals surface area (Å²) in [6, 6.07) is 14.0. The van der Waals surface area contributed by atoms with Crippen LogP contribution in [0.15, 0.2) is 47.6 Å². The quantitative estimate of drug-likeness (QED) is 0.728. The molecule has 3 aromatic rings. The number of fused-ring (bicyclic) bond motifs is 2. The normalized spacial score (nSPS) is 16.2. The number of carbonyl (C=O) groups is 1. The Morgan fingerprint density at radius 2 is 2.20 bits per heavy atom. The molecule has 128 valence electrons. The molecule has 0 unspecified atom stereocenters. The first kappa shape index (κ1) is 16.0. The molecule has 1 aromatic heterocycles. The van der Waals surface area contributed by atoms with E-state index in [4.69, 9.17) is 4.74 Å². The monoisotopic (exact) mass is 353 g/mol. The molecule has 5 nitrogen and oxygen atoms in total. The molecule has 1 N–H and O–H groups in total. The number of nitrogens with zero attached hydrogens (tertiary/aromatic N) is 2. The van der Waals surface area contributed by atoms with Gasteiger partial charge >= 0.3 is 0 Å². The van der Waals surface area contributed by atoms with E-state index in [1.807, 2.05) is 41.3 Å². The summed E-state index contributed by atoms with van der Waals surface area (Å²) in [4.78, 5) is 22.4. The van der Waals surface area contributed by atoms with Crippen molar-refractivity contribution in [2.45, 2.75) is 24.5 Å². The highest BCUT2D eigenvalue weighted by Crippen LogP contribution is 2.33. The zero-order chi connectivity index (χ0) is 17.4. The number of nitrogens with one attached hydrogen (secondary N) is 1. The number of anilines is 1. The smallest absolute Gasteiger partial charge is 0.237 e. The largest absolute Gasteiger partial charge is 0.497 e. The number of ether oxygens (including phenoxy) is 1. The molecule has 1 aliphatic heterocycles. The molecular weight excluding hydrogens is 334 g/mol. The zero-order valence-electron chi connectivity index (χ0n) is 14.2. The predicted molar refractivity (Wildman–Crippen MR) is 100 cm³/mol. The van der Waals surface area contributed by atoms with Gasteiger partial charge in [0.1, 0.15) is 5.75 Å². The van der Waals surface area contributed by atoms with Crippen molar-refractivity contribution >= 4 is 34.4 Å². The number of methoxy groups -OCH3 is 1. The molecule has 0 saturated carbocycles. The van der Waals surface area contributed by atoms with Gasteiger partial charge in [0.15, 0.2) is 5.16 Å². The minimum atomic E-state index is 0.112. The SMILES string of the molecule is COc1ccc2nc(SCC(=O)N3c4ccccc4C[C@H]3C)[nH]c2c1. The summed E-state index contributed by atoms with van der Waals surface area (Å²) in [7, 11) is 1.64. The number of aromatic nitrogens is 2. The van der Waals surface area contributed by atoms with Crippen LogP contribution in [0.2, 0.25) is 0 Å². The molecule has 4 rings (SSSR count). The van der Waals surface area contributed by atoms with Crippen LogP contribution >= 0.6 is 11.8 Å². The summed E-state index contributed by atoms with van der Waals surface area (Å²) in [5.74, 6) is 1.25. The summed E-state index contributed by atoms with van der Waals surface area (Å²) < 4.78 is 5.23. The summed E-state index contributed by atoms with van der Waals surface area (Å²) in [5.41, 5.74) is 4.06. The maximum Gasteiger partial charge on any atom is 0.237 e. The lowest BCUT2D eigenvalue weighted by atomic mass is 10.1. The zero-order valence-corrected chi connectivity index (χ0v) is 15.0. The van der Waals surface area contributed by atoms with Crippen molar-refractivity contribution in [1.29, 1.82) is 0 Å². The summed E-state index contributed by atoms with van der Waals surface area (Å²) in [6.45, 7) is 2.09. The van der Waals surface area contributed by atoms with Crippen molar-refractivity contribution in [3.63, 3.8) is 0 Å². The van der Waals surface area contributed by atoms with E-state index in [2.05, 4.69) is 23.0 Å². The fourth-order valence-corrected chi connectivity index (χ4v) is 4.05. The number of rotatable bonds is 4. The van der Waals surface area contributed by atoms with Crippen LogP contribution in [0.5, 0.6) is 5.75 Å². The number of hydrogen-bond donors (Lipinski definition) is 1. The van der Waals surface area contributed by atoms with Gasteiger partial charge in [0.25, 0.3) is 0 Å². The fraction of sp³-hybridized carbons (Fsp3) is 0.263. The highest BCUT2D eigenvalue weighted by molar-refractivity contribution is 7.99. The van der Waals surface area contributed by atoms with Crippen molar-refractivity contribution in [3.8, 4) is 5.75 Å². The average Bonchev–Trinajstić information content (AvgIpc) is 3.18. The molecule has 1 atom stereocenters. The molecule has 6 heteroatoms. The van der Waals surface area contributed by atoms with E-state index in [0.29, 0.717) is 5.75 Å². The van der Waals surface area contributed by atoms with Crippen molar-refractivity contribution in [3.05, 3.63) is 48.0 Å². The molecular formula is C19H19N3O2S. The van der Waals surface area contributed by atoms with Crippen molar-refractivity contribution < 1.29 is 9.53 Å². The van der Waals surface area contributed by atoms with E-state index in [0.717, 1.165) is 34.0 Å². The standard InChI is InChI=1S/C19H19N3O2S/c1-12-9-13-5-3-4-6-17(13)22(12)18(23)11-25-19-20-15-8-7-14(24-2)10-16(15)21-19/h3-8,10,12H,9,11H2,1-2H3,(H,20,21)/t12-/m1/s1. The van der Waals surface area contributed by atoms with Gasteiger partial charge in [-0.25, -0.2) is 4.98 Å². The van der Waals surface area contributed by atoms with Crippen LogP contribution in [0.25, 0.3) is 11.0 Å². The fourth-order valence-electron chi connectivity index (χ4n) is 3.31. The Balaban J connectivity index is 1.49. The Morgan fingerprint density at radius 1 is 1.36 bits per heavy atom. The number of imidazole rings is 1. The first-order chi connectivity index (χ1) is 12.2. The van der Waals surface area contributed by atoms with Gasteiger partial charge in [-0.1, -0.05) is 30.0 Å². The molecule has 2 heterocycles. The van der Waals surface area contributed by atoms with E-state index in [-0.39, 0.29) is 11.9 Å². The van der Waals surface area contributed by atoms with Gasteiger partial charge in [0.05, 0.1) is 23.9 Å². The predicted octanol–water partition coefficient (Wildman–Crippen LogP) is 3.64. The maximum absolute atomic E-state index is 12.8. The van der Waals surface area contributed by atoms with Crippen LogP contribution in [0.3, 0.4) is 0 Å². The topological polar surface area (TPSA) is 58.2 Å². The van der Waals surface area contributed by atoms with E-state index in [1.165, 1.54) is 17.3 Å². The second-order valence-corrected chi connectivity index (χ2v) is 7.12. The number of thioether (sulfide) groups is 1. The highest BCUT2D eigenvalue weighted by atomic mass is 32.2. The van der Waals surface area contributed by atoms with Gasteiger partial charge in [-0.05, 0) is 37.1 Å². The van der Waals surface area contributed by atoms with Crippen LogP contribution in [-0.2, 0) is 11.2 Å². The minimum absolute atomic E-state index is 0.112. The van der Waals surface area contributed by atoms with Gasteiger partial charge in [-0.3, -0.25) is 4.79 Å². The molecule has 0 radical (unpaired) electrons. The highest BCUT2D eigenvalue weighted by Gasteiger charge is 2.30. The molecule has 2 aromatic carbocycles. The van der Waals surface area contributed by atoms with Gasteiger partial charge in [-0.15, -0.1) is 0 Å². The Bertz CT molecular complexity index is 937. The third kappa shape index (κ3) is 2.98. The number of carbonyl (C=O) groups excluding carboxylic acids is 1. The number of hydrogen-bond acceptors (Lipinski definition) is 4. The summed E-state index contributed by atoms with van der Waals surface area (Å²) in [6.07, 6.45) is 0.914. The molecule has 0 saturated heterocycles. The van der Waals surface area contributed by atoms with Crippen molar-refractivity contribution in [2.24, 2.45) is 0 Å². The van der Waals surface area contributed by atoms with Gasteiger partial charge in [0.2, 0.25) is 5.91 Å². The first-order valence-corrected chi connectivity index (χ1v) is 9.21. The van der Waals surface area contributed by atoms with Crippen LogP contribution in [0, 0.1) is 0 Å². The Hall–Kier alpha value is -2.47. The van der Waals surface area contributed by atoms with Crippen molar-refractivity contribution in [2.75, 3.05) is 17.8 Å². The number of benzene rings is 2. The third-order valence-electron chi connectivity index (χ3n) is 4.48.